The molecule has 2 amide bonds. The number of carbonyl (C=O) groups excluding carboxylic acids is 2. The van der Waals surface area contributed by atoms with Crippen molar-refractivity contribution >= 4 is 23.5 Å². The molecule has 5 heterocycles. The number of amides is 2. The van der Waals surface area contributed by atoms with E-state index in [2.05, 4.69) is 25.2 Å². The number of nitrogen functional groups attached to an aromatic ring is 1. The molecule has 3 unspecified atom stereocenters. The Balaban J connectivity index is 1.36. The first kappa shape index (κ1) is 19.9. The van der Waals surface area contributed by atoms with E-state index in [4.69, 9.17) is 10.5 Å². The first-order valence-corrected chi connectivity index (χ1v) is 10.4. The normalized spacial score (nSPS) is 27.4. The Morgan fingerprint density at radius 2 is 2.16 bits per heavy atom. The molecule has 3 atom stereocenters. The summed E-state index contributed by atoms with van der Waals surface area (Å²) < 4.78 is 19.8. The van der Waals surface area contributed by atoms with E-state index in [0.717, 1.165) is 31.9 Å². The van der Waals surface area contributed by atoms with Gasteiger partial charge in [-0.15, -0.1) is 5.10 Å². The van der Waals surface area contributed by atoms with Gasteiger partial charge in [0.25, 0.3) is 5.91 Å². The summed E-state index contributed by atoms with van der Waals surface area (Å²) in [4.78, 5) is 35.3. The van der Waals surface area contributed by atoms with Crippen molar-refractivity contribution in [2.75, 3.05) is 52.1 Å². The highest BCUT2D eigenvalue weighted by atomic mass is 19.1. The minimum absolute atomic E-state index is 0.00606. The molecule has 0 saturated carbocycles. The molecule has 2 aromatic heterocycles. The van der Waals surface area contributed by atoms with Gasteiger partial charge in [-0.2, -0.15) is 0 Å². The van der Waals surface area contributed by atoms with Crippen molar-refractivity contribution in [1.29, 1.82) is 0 Å². The molecular weight excluding hydrogens is 407 g/mol. The number of piperidine rings is 1. The van der Waals surface area contributed by atoms with E-state index in [-0.39, 0.29) is 47.2 Å². The van der Waals surface area contributed by atoms with E-state index in [1.54, 1.807) is 4.90 Å². The highest BCUT2D eigenvalue weighted by Gasteiger charge is 2.42. The van der Waals surface area contributed by atoms with Crippen LogP contribution in [0.3, 0.4) is 0 Å². The summed E-state index contributed by atoms with van der Waals surface area (Å²) in [6, 6.07) is 0.0173. The highest BCUT2D eigenvalue weighted by Crippen LogP contribution is 2.25. The van der Waals surface area contributed by atoms with E-state index < -0.39 is 5.82 Å². The van der Waals surface area contributed by atoms with Gasteiger partial charge in [-0.1, -0.05) is 0 Å². The number of hydrogen-bond donors (Lipinski definition) is 2. The predicted molar refractivity (Wildman–Crippen MR) is 108 cm³/mol. The number of likely N-dealkylation sites (N-methyl/N-ethyl adjacent to an activating group) is 1. The van der Waals surface area contributed by atoms with Crippen LogP contribution in [0.5, 0.6) is 0 Å². The van der Waals surface area contributed by atoms with E-state index in [1.807, 2.05) is 7.05 Å². The van der Waals surface area contributed by atoms with Crippen molar-refractivity contribution in [3.63, 3.8) is 0 Å². The quantitative estimate of drug-likeness (QED) is 0.659. The molecule has 0 aliphatic carbocycles. The third-order valence-electron chi connectivity index (χ3n) is 6.41. The maximum absolute atomic E-state index is 13.5. The number of nitrogens with one attached hydrogen (secondary N) is 1. The standard InChI is InChI=1S/C19H25FN8O3/c1-25-3-2-14(26-4-5-27-12(8-26)10-31-19(27)30)13(9-25)23-18(29)15-16(21)24-28-7-11(20)6-22-17(15)28/h6-7,12-14H,2-5,8-10H2,1H3,(H2,21,24)(H,23,29). The summed E-state index contributed by atoms with van der Waals surface area (Å²) in [5, 5.41) is 7.13. The molecular formula is C19H25FN8O3. The van der Waals surface area contributed by atoms with Crippen molar-refractivity contribution < 1.29 is 18.7 Å². The van der Waals surface area contributed by atoms with Crippen molar-refractivity contribution in [3.05, 3.63) is 23.8 Å². The van der Waals surface area contributed by atoms with Crippen molar-refractivity contribution in [2.24, 2.45) is 0 Å². The SMILES string of the molecule is CN1CCC(N2CCN3C(=O)OCC3C2)C(NC(=O)c2c(N)nn3cc(F)cnc23)C1. The molecule has 3 N–H and O–H groups in total. The van der Waals surface area contributed by atoms with Gasteiger partial charge in [-0.05, 0) is 20.0 Å². The summed E-state index contributed by atoms with van der Waals surface area (Å²) in [7, 11) is 2.02. The Kier molecular flexibility index (Phi) is 4.89. The Morgan fingerprint density at radius 1 is 1.32 bits per heavy atom. The second-order valence-corrected chi connectivity index (χ2v) is 8.42. The van der Waals surface area contributed by atoms with E-state index in [9.17, 15) is 14.0 Å². The minimum Gasteiger partial charge on any atom is -0.447 e. The van der Waals surface area contributed by atoms with Crippen LogP contribution in [-0.4, -0.2) is 106 Å². The number of hydrogen-bond acceptors (Lipinski definition) is 8. The zero-order chi connectivity index (χ0) is 21.7. The van der Waals surface area contributed by atoms with E-state index in [1.165, 1.54) is 4.52 Å². The molecule has 166 valence electrons. The number of cyclic esters (lactones) is 1. The largest absolute Gasteiger partial charge is 0.447 e. The molecule has 5 rings (SSSR count). The lowest BCUT2D eigenvalue weighted by Gasteiger charge is -2.46. The monoisotopic (exact) mass is 432 g/mol. The number of ether oxygens (including phenoxy) is 1. The van der Waals surface area contributed by atoms with E-state index in [0.29, 0.717) is 26.2 Å². The summed E-state index contributed by atoms with van der Waals surface area (Å²) in [5.74, 6) is -0.939. The number of piperazine rings is 1. The molecule has 0 radical (unpaired) electrons. The third-order valence-corrected chi connectivity index (χ3v) is 6.41. The van der Waals surface area contributed by atoms with E-state index >= 15 is 0 Å². The average Bonchev–Trinajstić information content (AvgIpc) is 3.26. The van der Waals surface area contributed by atoms with Crippen LogP contribution in [0.2, 0.25) is 0 Å². The zero-order valence-electron chi connectivity index (χ0n) is 17.2. The van der Waals surface area contributed by atoms with Gasteiger partial charge in [0.1, 0.15) is 12.2 Å². The lowest BCUT2D eigenvalue weighted by atomic mass is 9.95. The molecule has 12 heteroatoms. The molecule has 11 nitrogen and oxygen atoms in total. The molecule has 3 fully saturated rings. The number of aromatic nitrogens is 3. The van der Waals surface area contributed by atoms with Crippen molar-refractivity contribution in [3.8, 4) is 0 Å². The van der Waals surface area contributed by atoms with Crippen LogP contribution in [0, 0.1) is 5.82 Å². The third kappa shape index (κ3) is 3.55. The predicted octanol–water partition coefficient (Wildman–Crippen LogP) is -0.610. The fourth-order valence-corrected chi connectivity index (χ4v) is 4.88. The lowest BCUT2D eigenvalue weighted by Crippen LogP contribution is -2.64. The minimum atomic E-state index is -0.565. The first-order valence-electron chi connectivity index (χ1n) is 10.4. The fraction of sp³-hybridized carbons (Fsp3) is 0.579. The number of fused-ring (bicyclic) bond motifs is 2. The molecule has 3 aliphatic rings. The van der Waals surface area contributed by atoms with Gasteiger partial charge in [-0.25, -0.2) is 18.7 Å². The molecule has 0 aromatic carbocycles. The zero-order valence-corrected chi connectivity index (χ0v) is 17.2. The van der Waals surface area contributed by atoms with Crippen LogP contribution in [0.25, 0.3) is 5.65 Å². The number of nitrogens with zero attached hydrogens (tertiary/aromatic N) is 6. The molecule has 0 bridgehead atoms. The van der Waals surface area contributed by atoms with Crippen molar-refractivity contribution in [1.82, 2.24) is 34.6 Å². The summed E-state index contributed by atoms with van der Waals surface area (Å²) >= 11 is 0. The number of rotatable bonds is 3. The highest BCUT2D eigenvalue weighted by molar-refractivity contribution is 6.04. The second-order valence-electron chi connectivity index (χ2n) is 8.42. The number of nitrogens with two attached hydrogens (primary N) is 1. The second kappa shape index (κ2) is 7.61. The number of likely N-dealkylation sites (tertiary alicyclic amines) is 1. The Bertz CT molecular complexity index is 1030. The molecule has 3 saturated heterocycles. The van der Waals surface area contributed by atoms with Gasteiger partial charge in [-0.3, -0.25) is 14.6 Å². The number of anilines is 1. The number of carbonyl (C=O) groups is 2. The van der Waals surface area contributed by atoms with Crippen LogP contribution < -0.4 is 11.1 Å². The molecule has 3 aliphatic heterocycles. The van der Waals surface area contributed by atoms with Crippen LogP contribution in [-0.2, 0) is 4.74 Å². The van der Waals surface area contributed by atoms with Gasteiger partial charge >= 0.3 is 6.09 Å². The molecule has 0 spiro atoms. The van der Waals surface area contributed by atoms with Gasteiger partial charge in [0.2, 0.25) is 0 Å². The average molecular weight is 432 g/mol. The van der Waals surface area contributed by atoms with Crippen molar-refractivity contribution in [2.45, 2.75) is 24.5 Å². The smallest absolute Gasteiger partial charge is 0.410 e. The van der Waals surface area contributed by atoms with Crippen LogP contribution >= 0.6 is 0 Å². The van der Waals surface area contributed by atoms with Gasteiger partial charge < -0.3 is 20.7 Å². The van der Waals surface area contributed by atoms with Gasteiger partial charge in [0, 0.05) is 32.2 Å². The molecule has 2 aromatic rings. The van der Waals surface area contributed by atoms with Crippen LogP contribution in [0.4, 0.5) is 15.0 Å². The topological polar surface area (TPSA) is 121 Å². The van der Waals surface area contributed by atoms with Crippen LogP contribution in [0.15, 0.2) is 12.4 Å². The fourth-order valence-electron chi connectivity index (χ4n) is 4.88. The van der Waals surface area contributed by atoms with Crippen LogP contribution in [0.1, 0.15) is 16.8 Å². The Labute approximate surface area is 177 Å². The lowest BCUT2D eigenvalue weighted by molar-refractivity contribution is 0.0377. The maximum atomic E-state index is 13.5. The number of halogens is 1. The Hall–Kier alpha value is -2.99. The summed E-state index contributed by atoms with van der Waals surface area (Å²) in [5.41, 5.74) is 6.32. The molecule has 31 heavy (non-hydrogen) atoms. The first-order chi connectivity index (χ1) is 14.9. The maximum Gasteiger partial charge on any atom is 0.410 e. The van der Waals surface area contributed by atoms with Gasteiger partial charge in [0.05, 0.1) is 24.5 Å². The van der Waals surface area contributed by atoms with Gasteiger partial charge in [0.15, 0.2) is 17.3 Å². The Morgan fingerprint density at radius 3 is 3.00 bits per heavy atom. The summed E-state index contributed by atoms with van der Waals surface area (Å²) in [6.45, 7) is 4.06. The summed E-state index contributed by atoms with van der Waals surface area (Å²) in [6.07, 6.45) is 2.81.